The number of rotatable bonds is 8. The summed E-state index contributed by atoms with van der Waals surface area (Å²) in [5.41, 5.74) is 4.45. The summed E-state index contributed by atoms with van der Waals surface area (Å²) in [6, 6.07) is 25.0. The highest BCUT2D eigenvalue weighted by molar-refractivity contribution is 5.90. The average molecular weight is 442 g/mol. The maximum Gasteiger partial charge on any atom is 0.226 e. The van der Waals surface area contributed by atoms with E-state index in [0.717, 1.165) is 39.7 Å². The Bertz CT molecular complexity index is 1230. The van der Waals surface area contributed by atoms with Gasteiger partial charge in [0.2, 0.25) is 11.8 Å². The molecule has 0 unspecified atom stereocenters. The van der Waals surface area contributed by atoms with Crippen molar-refractivity contribution in [1.82, 2.24) is 9.78 Å². The number of nitrogens with zero attached hydrogens (tertiary/aromatic N) is 2. The van der Waals surface area contributed by atoms with Crippen LogP contribution < -0.4 is 14.8 Å². The summed E-state index contributed by atoms with van der Waals surface area (Å²) in [4.78, 5) is 12.6. The Kier molecular flexibility index (Phi) is 6.74. The molecule has 1 amide bonds. The number of hydrogen-bond donors (Lipinski definition) is 1. The van der Waals surface area contributed by atoms with Crippen LogP contribution in [-0.2, 0) is 11.2 Å². The minimum absolute atomic E-state index is 0.0562. The molecule has 0 atom stereocenters. The van der Waals surface area contributed by atoms with Gasteiger partial charge in [0.15, 0.2) is 0 Å². The number of para-hydroxylation sites is 1. The van der Waals surface area contributed by atoms with Crippen LogP contribution in [-0.4, -0.2) is 22.8 Å². The first-order valence-corrected chi connectivity index (χ1v) is 10.9. The quantitative estimate of drug-likeness (QED) is 0.372. The van der Waals surface area contributed by atoms with E-state index in [4.69, 9.17) is 14.6 Å². The number of carbonyl (C=O) groups excluding carboxylic acids is 1. The number of anilines is 1. The molecule has 1 heterocycles. The van der Waals surface area contributed by atoms with Crippen molar-refractivity contribution in [3.63, 3.8) is 0 Å². The lowest BCUT2D eigenvalue weighted by atomic mass is 10.1. The van der Waals surface area contributed by atoms with E-state index in [1.807, 2.05) is 92.7 Å². The molecule has 0 aliphatic rings. The van der Waals surface area contributed by atoms with Crippen molar-refractivity contribution >= 4 is 11.6 Å². The third kappa shape index (κ3) is 5.41. The Morgan fingerprint density at radius 3 is 2.39 bits per heavy atom. The molecule has 0 bridgehead atoms. The van der Waals surface area contributed by atoms with Crippen LogP contribution in [0.4, 0.5) is 5.69 Å². The van der Waals surface area contributed by atoms with Crippen molar-refractivity contribution in [3.05, 3.63) is 95.7 Å². The first-order valence-electron chi connectivity index (χ1n) is 10.9. The van der Waals surface area contributed by atoms with E-state index in [2.05, 4.69) is 5.32 Å². The van der Waals surface area contributed by atoms with E-state index in [-0.39, 0.29) is 5.91 Å². The van der Waals surface area contributed by atoms with Gasteiger partial charge in [0.25, 0.3) is 0 Å². The Morgan fingerprint density at radius 2 is 1.70 bits per heavy atom. The van der Waals surface area contributed by atoms with Crippen molar-refractivity contribution in [1.29, 1.82) is 0 Å². The van der Waals surface area contributed by atoms with Gasteiger partial charge in [0, 0.05) is 17.7 Å². The molecule has 1 N–H and O–H groups in total. The van der Waals surface area contributed by atoms with Crippen molar-refractivity contribution in [3.8, 4) is 23.1 Å². The molecule has 3 aromatic carbocycles. The highest BCUT2D eigenvalue weighted by atomic mass is 16.5. The van der Waals surface area contributed by atoms with Crippen LogP contribution in [0.3, 0.4) is 0 Å². The van der Waals surface area contributed by atoms with Crippen molar-refractivity contribution < 1.29 is 14.3 Å². The molecule has 33 heavy (non-hydrogen) atoms. The number of hydrogen-bond acceptors (Lipinski definition) is 4. The Morgan fingerprint density at radius 1 is 0.939 bits per heavy atom. The minimum atomic E-state index is -0.0562. The molecule has 0 fully saturated rings. The third-order valence-corrected chi connectivity index (χ3v) is 5.32. The van der Waals surface area contributed by atoms with E-state index in [9.17, 15) is 4.79 Å². The molecule has 0 saturated heterocycles. The summed E-state index contributed by atoms with van der Waals surface area (Å²) in [5.74, 6) is 2.04. The standard InChI is InChI=1S/C27H27N3O3/c1-19-8-7-11-24(18-19)33-27-25(16-17-26(31)28-21-9-5-4-6-10-21)20(2)29-30(27)22-12-14-23(32-3)15-13-22/h4-15,18H,16-17H2,1-3H3,(H,28,31). The largest absolute Gasteiger partial charge is 0.497 e. The molecule has 168 valence electrons. The first kappa shape index (κ1) is 22.1. The normalized spacial score (nSPS) is 10.6. The van der Waals surface area contributed by atoms with Crippen LogP contribution in [0.2, 0.25) is 0 Å². The van der Waals surface area contributed by atoms with Gasteiger partial charge >= 0.3 is 0 Å². The van der Waals surface area contributed by atoms with Crippen LogP contribution in [0.25, 0.3) is 5.69 Å². The van der Waals surface area contributed by atoms with Gasteiger partial charge in [0.1, 0.15) is 11.5 Å². The van der Waals surface area contributed by atoms with E-state index in [1.54, 1.807) is 11.8 Å². The smallest absolute Gasteiger partial charge is 0.226 e. The fourth-order valence-corrected chi connectivity index (χ4v) is 3.60. The molecule has 0 spiro atoms. The number of carbonyl (C=O) groups is 1. The van der Waals surface area contributed by atoms with E-state index in [0.29, 0.717) is 18.7 Å². The Hall–Kier alpha value is -4.06. The lowest BCUT2D eigenvalue weighted by Gasteiger charge is -2.12. The number of aromatic nitrogens is 2. The number of ether oxygens (including phenoxy) is 2. The highest BCUT2D eigenvalue weighted by Gasteiger charge is 2.20. The third-order valence-electron chi connectivity index (χ3n) is 5.32. The van der Waals surface area contributed by atoms with Gasteiger partial charge in [-0.3, -0.25) is 4.79 Å². The van der Waals surface area contributed by atoms with Gasteiger partial charge in [-0.1, -0.05) is 30.3 Å². The van der Waals surface area contributed by atoms with Gasteiger partial charge in [-0.2, -0.15) is 5.10 Å². The van der Waals surface area contributed by atoms with Crippen LogP contribution in [0.5, 0.6) is 17.4 Å². The number of benzene rings is 3. The summed E-state index contributed by atoms with van der Waals surface area (Å²) >= 11 is 0. The fourth-order valence-electron chi connectivity index (χ4n) is 3.60. The van der Waals surface area contributed by atoms with Gasteiger partial charge in [-0.25, -0.2) is 4.68 Å². The van der Waals surface area contributed by atoms with Crippen molar-refractivity contribution in [2.24, 2.45) is 0 Å². The number of aryl methyl sites for hydroxylation is 2. The molecule has 0 aliphatic heterocycles. The zero-order valence-corrected chi connectivity index (χ0v) is 19.0. The molecule has 0 radical (unpaired) electrons. The summed E-state index contributed by atoms with van der Waals surface area (Å²) in [5, 5.41) is 7.67. The van der Waals surface area contributed by atoms with Gasteiger partial charge in [-0.05, 0) is 74.4 Å². The molecule has 4 rings (SSSR count). The van der Waals surface area contributed by atoms with Crippen molar-refractivity contribution in [2.45, 2.75) is 26.7 Å². The number of nitrogens with one attached hydrogen (secondary N) is 1. The molecular weight excluding hydrogens is 414 g/mol. The van der Waals surface area contributed by atoms with E-state index >= 15 is 0 Å². The highest BCUT2D eigenvalue weighted by Crippen LogP contribution is 2.32. The average Bonchev–Trinajstić information content (AvgIpc) is 3.13. The second-order valence-corrected chi connectivity index (χ2v) is 7.81. The molecular formula is C27H27N3O3. The summed E-state index contributed by atoms with van der Waals surface area (Å²) in [6.45, 7) is 3.96. The van der Waals surface area contributed by atoms with Crippen LogP contribution in [0.15, 0.2) is 78.9 Å². The molecule has 6 heteroatoms. The van der Waals surface area contributed by atoms with Crippen LogP contribution in [0, 0.1) is 13.8 Å². The second-order valence-electron chi connectivity index (χ2n) is 7.81. The summed E-state index contributed by atoms with van der Waals surface area (Å²) in [6.07, 6.45) is 0.815. The van der Waals surface area contributed by atoms with Gasteiger partial charge in [0.05, 0.1) is 18.5 Å². The lowest BCUT2D eigenvalue weighted by Crippen LogP contribution is -2.12. The zero-order chi connectivity index (χ0) is 23.2. The second kappa shape index (κ2) is 10.0. The molecule has 1 aromatic heterocycles. The first-order chi connectivity index (χ1) is 16.0. The van der Waals surface area contributed by atoms with Crippen LogP contribution in [0.1, 0.15) is 23.2 Å². The molecule has 6 nitrogen and oxygen atoms in total. The number of methoxy groups -OCH3 is 1. The predicted octanol–water partition coefficient (Wildman–Crippen LogP) is 5.86. The predicted molar refractivity (Wildman–Crippen MR) is 129 cm³/mol. The Labute approximate surface area is 193 Å². The molecule has 0 aliphatic carbocycles. The van der Waals surface area contributed by atoms with Crippen LogP contribution >= 0.6 is 0 Å². The summed E-state index contributed by atoms with van der Waals surface area (Å²) in [7, 11) is 1.64. The number of amides is 1. The topological polar surface area (TPSA) is 65.4 Å². The fraction of sp³-hybridized carbons (Fsp3) is 0.185. The monoisotopic (exact) mass is 441 g/mol. The maximum absolute atomic E-state index is 12.6. The zero-order valence-electron chi connectivity index (χ0n) is 19.0. The summed E-state index contributed by atoms with van der Waals surface area (Å²) < 4.78 is 13.4. The van der Waals surface area contributed by atoms with Gasteiger partial charge in [-0.15, -0.1) is 0 Å². The molecule has 0 saturated carbocycles. The van der Waals surface area contributed by atoms with E-state index < -0.39 is 0 Å². The maximum atomic E-state index is 12.6. The molecule has 4 aromatic rings. The lowest BCUT2D eigenvalue weighted by molar-refractivity contribution is -0.116. The van der Waals surface area contributed by atoms with Crippen molar-refractivity contribution in [2.75, 3.05) is 12.4 Å². The van der Waals surface area contributed by atoms with Gasteiger partial charge < -0.3 is 14.8 Å². The SMILES string of the molecule is COc1ccc(-n2nc(C)c(CCC(=O)Nc3ccccc3)c2Oc2cccc(C)c2)cc1. The minimum Gasteiger partial charge on any atom is -0.497 e. The van der Waals surface area contributed by atoms with E-state index in [1.165, 1.54) is 0 Å². The Balaban J connectivity index is 1.63.